The zero-order chi connectivity index (χ0) is 9.54. The van der Waals surface area contributed by atoms with Gasteiger partial charge >= 0.3 is 0 Å². The number of hydrogen-bond acceptors (Lipinski definition) is 2. The molecule has 14 heavy (non-hydrogen) atoms. The van der Waals surface area contributed by atoms with Crippen LogP contribution in [-0.2, 0) is 0 Å². The minimum absolute atomic E-state index is 0.773. The monoisotopic (exact) mass is 194 g/mol. The lowest BCUT2D eigenvalue weighted by molar-refractivity contribution is 0.0459. The van der Waals surface area contributed by atoms with Gasteiger partial charge < -0.3 is 5.32 Å². The van der Waals surface area contributed by atoms with Gasteiger partial charge in [0.25, 0.3) is 0 Å². The Bertz CT molecular complexity index is 206. The SMILES string of the molecule is CC1CNC(C2CC2)CN1C1CCC1. The van der Waals surface area contributed by atoms with E-state index < -0.39 is 0 Å². The van der Waals surface area contributed by atoms with Crippen molar-refractivity contribution in [2.45, 2.75) is 57.2 Å². The van der Waals surface area contributed by atoms with Crippen LogP contribution in [0.3, 0.4) is 0 Å². The molecule has 2 unspecified atom stereocenters. The van der Waals surface area contributed by atoms with E-state index in [1.807, 2.05) is 0 Å². The summed E-state index contributed by atoms with van der Waals surface area (Å²) in [6.45, 7) is 4.93. The van der Waals surface area contributed by atoms with Crippen molar-refractivity contribution in [2.75, 3.05) is 13.1 Å². The van der Waals surface area contributed by atoms with Crippen LogP contribution in [0.25, 0.3) is 0 Å². The van der Waals surface area contributed by atoms with Crippen LogP contribution in [0.5, 0.6) is 0 Å². The molecule has 3 rings (SSSR count). The molecule has 0 aromatic heterocycles. The highest BCUT2D eigenvalue weighted by Crippen LogP contribution is 2.36. The summed E-state index contributed by atoms with van der Waals surface area (Å²) in [5.74, 6) is 1.02. The van der Waals surface area contributed by atoms with E-state index in [-0.39, 0.29) is 0 Å². The second-order valence-corrected chi connectivity index (χ2v) is 5.48. The number of hydrogen-bond donors (Lipinski definition) is 1. The second-order valence-electron chi connectivity index (χ2n) is 5.48. The third-order valence-corrected chi connectivity index (χ3v) is 4.38. The fourth-order valence-electron chi connectivity index (χ4n) is 2.95. The van der Waals surface area contributed by atoms with Gasteiger partial charge in [0, 0.05) is 31.2 Å². The molecular weight excluding hydrogens is 172 g/mol. The van der Waals surface area contributed by atoms with Crippen LogP contribution in [0, 0.1) is 5.92 Å². The highest BCUT2D eigenvalue weighted by molar-refractivity contribution is 4.96. The summed E-state index contributed by atoms with van der Waals surface area (Å²) >= 11 is 0. The summed E-state index contributed by atoms with van der Waals surface area (Å²) in [5, 5.41) is 3.72. The predicted molar refractivity (Wildman–Crippen MR) is 58.3 cm³/mol. The molecule has 1 N–H and O–H groups in total. The molecule has 0 bridgehead atoms. The van der Waals surface area contributed by atoms with Gasteiger partial charge in [-0.05, 0) is 38.5 Å². The Kier molecular flexibility index (Phi) is 2.29. The molecule has 1 aliphatic heterocycles. The van der Waals surface area contributed by atoms with Crippen molar-refractivity contribution in [3.05, 3.63) is 0 Å². The molecule has 2 saturated carbocycles. The molecule has 2 heteroatoms. The van der Waals surface area contributed by atoms with E-state index in [9.17, 15) is 0 Å². The Balaban J connectivity index is 1.61. The number of nitrogens with one attached hydrogen (secondary N) is 1. The zero-order valence-corrected chi connectivity index (χ0v) is 9.21. The molecule has 0 spiro atoms. The van der Waals surface area contributed by atoms with E-state index in [0.717, 1.165) is 24.0 Å². The molecule has 0 radical (unpaired) electrons. The highest BCUT2D eigenvalue weighted by atomic mass is 15.3. The number of piperazine rings is 1. The number of nitrogens with zero attached hydrogens (tertiary/aromatic N) is 1. The summed E-state index contributed by atoms with van der Waals surface area (Å²) in [6, 6.07) is 2.54. The standard InChI is InChI=1S/C12H22N2/c1-9-7-13-12(10-5-6-10)8-14(9)11-3-2-4-11/h9-13H,2-8H2,1H3. The van der Waals surface area contributed by atoms with Gasteiger partial charge in [0.15, 0.2) is 0 Å². The van der Waals surface area contributed by atoms with E-state index in [4.69, 9.17) is 0 Å². The molecule has 0 aromatic carbocycles. The van der Waals surface area contributed by atoms with Crippen LogP contribution in [0.15, 0.2) is 0 Å². The van der Waals surface area contributed by atoms with Crippen molar-refractivity contribution in [1.82, 2.24) is 10.2 Å². The molecule has 3 fully saturated rings. The van der Waals surface area contributed by atoms with E-state index in [1.165, 1.54) is 45.2 Å². The smallest absolute Gasteiger partial charge is 0.0224 e. The Morgan fingerprint density at radius 1 is 1.14 bits per heavy atom. The Labute approximate surface area is 87.0 Å². The first-order valence-electron chi connectivity index (χ1n) is 6.34. The third-order valence-electron chi connectivity index (χ3n) is 4.38. The quantitative estimate of drug-likeness (QED) is 0.718. The lowest BCUT2D eigenvalue weighted by atomic mass is 9.89. The third kappa shape index (κ3) is 1.59. The van der Waals surface area contributed by atoms with E-state index in [0.29, 0.717) is 0 Å². The molecule has 3 aliphatic rings. The van der Waals surface area contributed by atoms with Crippen LogP contribution in [0.4, 0.5) is 0 Å². The fourth-order valence-corrected chi connectivity index (χ4v) is 2.95. The fraction of sp³-hybridized carbons (Fsp3) is 1.00. The lowest BCUT2D eigenvalue weighted by Crippen LogP contribution is -2.60. The maximum absolute atomic E-state index is 3.72. The van der Waals surface area contributed by atoms with E-state index >= 15 is 0 Å². The van der Waals surface area contributed by atoms with Crippen molar-refractivity contribution in [3.8, 4) is 0 Å². The predicted octanol–water partition coefficient (Wildman–Crippen LogP) is 1.61. The second kappa shape index (κ2) is 3.49. The Hall–Kier alpha value is -0.0800. The highest BCUT2D eigenvalue weighted by Gasteiger charge is 2.39. The van der Waals surface area contributed by atoms with Gasteiger partial charge in [-0.1, -0.05) is 6.42 Å². The molecule has 2 nitrogen and oxygen atoms in total. The van der Waals surface area contributed by atoms with Gasteiger partial charge in [0.05, 0.1) is 0 Å². The molecule has 0 amide bonds. The van der Waals surface area contributed by atoms with Crippen molar-refractivity contribution in [3.63, 3.8) is 0 Å². The first kappa shape index (κ1) is 9.17. The lowest BCUT2D eigenvalue weighted by Gasteiger charge is -2.47. The van der Waals surface area contributed by atoms with Gasteiger partial charge in [-0.15, -0.1) is 0 Å². The summed E-state index contributed by atoms with van der Waals surface area (Å²) in [6.07, 6.45) is 7.34. The van der Waals surface area contributed by atoms with E-state index in [2.05, 4.69) is 17.1 Å². The minimum atomic E-state index is 0.773. The van der Waals surface area contributed by atoms with Gasteiger partial charge in [-0.2, -0.15) is 0 Å². The van der Waals surface area contributed by atoms with Crippen LogP contribution >= 0.6 is 0 Å². The molecule has 1 heterocycles. The summed E-state index contributed by atoms with van der Waals surface area (Å²) < 4.78 is 0. The average molecular weight is 194 g/mol. The number of rotatable bonds is 2. The first-order valence-corrected chi connectivity index (χ1v) is 6.34. The molecule has 2 atom stereocenters. The van der Waals surface area contributed by atoms with Crippen molar-refractivity contribution in [1.29, 1.82) is 0 Å². The largest absolute Gasteiger partial charge is 0.311 e. The topological polar surface area (TPSA) is 15.3 Å². The first-order chi connectivity index (χ1) is 6.84. The average Bonchev–Trinajstić information content (AvgIpc) is 2.88. The maximum Gasteiger partial charge on any atom is 0.0224 e. The normalized spacial score (nSPS) is 40.9. The zero-order valence-electron chi connectivity index (χ0n) is 9.21. The Morgan fingerprint density at radius 2 is 1.93 bits per heavy atom. The van der Waals surface area contributed by atoms with Crippen LogP contribution < -0.4 is 5.32 Å². The molecule has 1 saturated heterocycles. The van der Waals surface area contributed by atoms with Crippen molar-refractivity contribution in [2.24, 2.45) is 5.92 Å². The molecule has 0 aromatic rings. The summed E-state index contributed by atoms with van der Waals surface area (Å²) in [5.41, 5.74) is 0. The van der Waals surface area contributed by atoms with Crippen molar-refractivity contribution >= 4 is 0 Å². The van der Waals surface area contributed by atoms with Gasteiger partial charge in [0.2, 0.25) is 0 Å². The maximum atomic E-state index is 3.72. The van der Waals surface area contributed by atoms with Crippen LogP contribution in [0.1, 0.15) is 39.0 Å². The van der Waals surface area contributed by atoms with Crippen molar-refractivity contribution < 1.29 is 0 Å². The minimum Gasteiger partial charge on any atom is -0.311 e. The summed E-state index contributed by atoms with van der Waals surface area (Å²) in [4.78, 5) is 2.78. The summed E-state index contributed by atoms with van der Waals surface area (Å²) in [7, 11) is 0. The van der Waals surface area contributed by atoms with Crippen LogP contribution in [-0.4, -0.2) is 36.1 Å². The molecular formula is C12H22N2. The molecule has 80 valence electrons. The van der Waals surface area contributed by atoms with Gasteiger partial charge in [-0.25, -0.2) is 0 Å². The Morgan fingerprint density at radius 3 is 2.50 bits per heavy atom. The van der Waals surface area contributed by atoms with Gasteiger partial charge in [0.1, 0.15) is 0 Å². The molecule has 2 aliphatic carbocycles. The van der Waals surface area contributed by atoms with Gasteiger partial charge in [-0.3, -0.25) is 4.90 Å². The van der Waals surface area contributed by atoms with E-state index in [1.54, 1.807) is 0 Å². The van der Waals surface area contributed by atoms with Crippen LogP contribution in [0.2, 0.25) is 0 Å².